The zero-order valence-corrected chi connectivity index (χ0v) is 18.3. The number of aryl methyl sites for hydroxylation is 1. The van der Waals surface area contributed by atoms with Gasteiger partial charge in [-0.25, -0.2) is 0 Å². The summed E-state index contributed by atoms with van der Waals surface area (Å²) in [5.41, 5.74) is 3.16. The van der Waals surface area contributed by atoms with Crippen LogP contribution in [0.3, 0.4) is 0 Å². The van der Waals surface area contributed by atoms with Gasteiger partial charge >= 0.3 is 0 Å². The van der Waals surface area contributed by atoms with Gasteiger partial charge in [-0.05, 0) is 38.5 Å². The fourth-order valence-electron chi connectivity index (χ4n) is 3.24. The maximum atomic E-state index is 12.6. The van der Waals surface area contributed by atoms with Crippen LogP contribution in [0.2, 0.25) is 0 Å². The third-order valence-electron chi connectivity index (χ3n) is 4.72. The van der Waals surface area contributed by atoms with Gasteiger partial charge in [0, 0.05) is 38.8 Å². The third-order valence-corrected chi connectivity index (χ3v) is 4.72. The monoisotopic (exact) mass is 412 g/mol. The van der Waals surface area contributed by atoms with Crippen LogP contribution in [-0.2, 0) is 20.9 Å². The van der Waals surface area contributed by atoms with Gasteiger partial charge in [-0.1, -0.05) is 0 Å². The van der Waals surface area contributed by atoms with Gasteiger partial charge in [0.2, 0.25) is 5.91 Å². The van der Waals surface area contributed by atoms with E-state index in [1.54, 1.807) is 33.5 Å². The number of carbonyl (C=O) groups excluding carboxylic acids is 2. The van der Waals surface area contributed by atoms with E-state index in [1.807, 2.05) is 32.9 Å². The number of nitrogens with zero attached hydrogens (tertiary/aromatic N) is 5. The fraction of sp³-hybridized carbons (Fsp3) is 0.429. The fourth-order valence-corrected chi connectivity index (χ4v) is 3.24. The summed E-state index contributed by atoms with van der Waals surface area (Å²) < 4.78 is 8.79. The molecule has 9 nitrogen and oxygen atoms in total. The zero-order valence-electron chi connectivity index (χ0n) is 18.3. The van der Waals surface area contributed by atoms with Gasteiger partial charge in [-0.3, -0.25) is 14.3 Å². The first kappa shape index (κ1) is 22.9. The zero-order chi connectivity index (χ0) is 22.4. The van der Waals surface area contributed by atoms with E-state index in [4.69, 9.17) is 4.74 Å². The van der Waals surface area contributed by atoms with Crippen molar-refractivity contribution in [3.63, 3.8) is 0 Å². The minimum Gasteiger partial charge on any atom is -0.383 e. The number of anilines is 1. The molecular formula is C21H28N6O3. The SMILES string of the molecule is COCC(C)n1c(C)cc(/C=C(/C#N)C(=O)Nc2cnn(CC(=O)N(C)C)c2)c1C. The number of rotatable bonds is 8. The van der Waals surface area contributed by atoms with Crippen LogP contribution in [0.4, 0.5) is 5.69 Å². The second-order valence-corrected chi connectivity index (χ2v) is 7.34. The number of aromatic nitrogens is 3. The molecule has 9 heteroatoms. The van der Waals surface area contributed by atoms with Gasteiger partial charge < -0.3 is 19.5 Å². The smallest absolute Gasteiger partial charge is 0.266 e. The molecule has 2 rings (SSSR count). The van der Waals surface area contributed by atoms with Gasteiger partial charge in [-0.2, -0.15) is 10.4 Å². The first-order valence-electron chi connectivity index (χ1n) is 9.51. The quantitative estimate of drug-likeness (QED) is 0.528. The second-order valence-electron chi connectivity index (χ2n) is 7.34. The first-order valence-corrected chi connectivity index (χ1v) is 9.51. The minimum absolute atomic E-state index is 0.0215. The molecule has 0 saturated carbocycles. The normalized spacial score (nSPS) is 12.4. The van der Waals surface area contributed by atoms with Gasteiger partial charge in [0.15, 0.2) is 0 Å². The van der Waals surface area contributed by atoms with Crippen LogP contribution >= 0.6 is 0 Å². The number of amides is 2. The molecule has 0 fully saturated rings. The molecule has 0 radical (unpaired) electrons. The van der Waals surface area contributed by atoms with Crippen molar-refractivity contribution in [3.8, 4) is 6.07 Å². The summed E-state index contributed by atoms with van der Waals surface area (Å²) in [6.45, 7) is 6.60. The van der Waals surface area contributed by atoms with Gasteiger partial charge in [0.25, 0.3) is 5.91 Å². The molecule has 2 heterocycles. The van der Waals surface area contributed by atoms with E-state index in [1.165, 1.54) is 15.8 Å². The van der Waals surface area contributed by atoms with Crippen LogP contribution < -0.4 is 5.32 Å². The molecule has 1 N–H and O–H groups in total. The van der Waals surface area contributed by atoms with Crippen LogP contribution in [0.5, 0.6) is 0 Å². The van der Waals surface area contributed by atoms with Crippen molar-refractivity contribution in [1.29, 1.82) is 5.26 Å². The third kappa shape index (κ3) is 5.36. The maximum absolute atomic E-state index is 12.6. The molecule has 2 aromatic rings. The lowest BCUT2D eigenvalue weighted by Crippen LogP contribution is -2.26. The number of hydrogen-bond acceptors (Lipinski definition) is 5. The number of likely N-dealkylation sites (N-methyl/N-ethyl adjacent to an activating group) is 1. The molecule has 0 spiro atoms. The summed E-state index contributed by atoms with van der Waals surface area (Å²) in [4.78, 5) is 25.8. The Balaban J connectivity index is 2.19. The minimum atomic E-state index is -0.536. The molecule has 2 amide bonds. The van der Waals surface area contributed by atoms with E-state index >= 15 is 0 Å². The number of methoxy groups -OCH3 is 1. The topological polar surface area (TPSA) is 105 Å². The Kier molecular flexibility index (Phi) is 7.55. The maximum Gasteiger partial charge on any atom is 0.266 e. The van der Waals surface area contributed by atoms with Gasteiger partial charge in [0.05, 0.1) is 24.5 Å². The molecule has 0 aliphatic carbocycles. The number of ether oxygens (including phenoxy) is 1. The second kappa shape index (κ2) is 9.89. The number of nitrogens with one attached hydrogen (secondary N) is 1. The molecule has 0 aliphatic heterocycles. The Morgan fingerprint density at radius 3 is 2.70 bits per heavy atom. The highest BCUT2D eigenvalue weighted by atomic mass is 16.5. The summed E-state index contributed by atoms with van der Waals surface area (Å²) in [5.74, 6) is -0.655. The highest BCUT2D eigenvalue weighted by molar-refractivity contribution is 6.09. The van der Waals surface area contributed by atoms with Crippen molar-refractivity contribution in [2.45, 2.75) is 33.4 Å². The van der Waals surface area contributed by atoms with Gasteiger partial charge in [0.1, 0.15) is 18.2 Å². The molecule has 2 aromatic heterocycles. The Labute approximate surface area is 176 Å². The Bertz CT molecular complexity index is 993. The standard InChI is InChI=1S/C21H28N6O3/c1-14-7-17(16(3)27(14)15(2)13-30-6)8-18(9-22)21(29)24-19-10-23-26(11-19)12-20(28)25(4)5/h7-8,10-11,15H,12-13H2,1-6H3,(H,24,29)/b18-8-. The number of carbonyl (C=O) groups is 2. The van der Waals surface area contributed by atoms with Crippen molar-refractivity contribution in [1.82, 2.24) is 19.2 Å². The molecule has 30 heavy (non-hydrogen) atoms. The number of hydrogen-bond donors (Lipinski definition) is 1. The van der Waals surface area contributed by atoms with E-state index in [0.717, 1.165) is 17.0 Å². The van der Waals surface area contributed by atoms with Crippen LogP contribution in [0.1, 0.15) is 29.9 Å². The Hall–Kier alpha value is -3.38. The van der Waals surface area contributed by atoms with Crippen LogP contribution in [0, 0.1) is 25.2 Å². The van der Waals surface area contributed by atoms with Crippen LogP contribution in [-0.4, -0.2) is 58.9 Å². The molecular weight excluding hydrogens is 384 g/mol. The van der Waals surface area contributed by atoms with Crippen molar-refractivity contribution >= 4 is 23.6 Å². The molecule has 1 atom stereocenters. The molecule has 0 aliphatic rings. The molecule has 0 aromatic carbocycles. The Morgan fingerprint density at radius 1 is 1.40 bits per heavy atom. The van der Waals surface area contributed by atoms with E-state index in [0.29, 0.717) is 12.3 Å². The summed E-state index contributed by atoms with van der Waals surface area (Å²) in [6, 6.07) is 4.04. The summed E-state index contributed by atoms with van der Waals surface area (Å²) in [7, 11) is 4.97. The van der Waals surface area contributed by atoms with Crippen LogP contribution in [0.15, 0.2) is 24.0 Å². The largest absolute Gasteiger partial charge is 0.383 e. The average molecular weight is 412 g/mol. The molecule has 0 bridgehead atoms. The molecule has 0 saturated heterocycles. The summed E-state index contributed by atoms with van der Waals surface area (Å²) in [6.07, 6.45) is 4.56. The lowest BCUT2D eigenvalue weighted by atomic mass is 10.1. The highest BCUT2D eigenvalue weighted by Crippen LogP contribution is 2.23. The van der Waals surface area contributed by atoms with Crippen molar-refractivity contribution in [2.75, 3.05) is 33.1 Å². The summed E-state index contributed by atoms with van der Waals surface area (Å²) >= 11 is 0. The molecule has 1 unspecified atom stereocenters. The Morgan fingerprint density at radius 2 is 2.10 bits per heavy atom. The van der Waals surface area contributed by atoms with Crippen molar-refractivity contribution in [3.05, 3.63) is 41.0 Å². The van der Waals surface area contributed by atoms with Crippen LogP contribution in [0.25, 0.3) is 6.08 Å². The average Bonchev–Trinajstić information content (AvgIpc) is 3.22. The van der Waals surface area contributed by atoms with Crippen molar-refractivity contribution in [2.24, 2.45) is 0 Å². The van der Waals surface area contributed by atoms with Gasteiger partial charge in [-0.15, -0.1) is 0 Å². The van der Waals surface area contributed by atoms with E-state index < -0.39 is 5.91 Å². The highest BCUT2D eigenvalue weighted by Gasteiger charge is 2.16. The number of nitriles is 1. The molecule has 160 valence electrons. The lowest BCUT2D eigenvalue weighted by Gasteiger charge is -2.17. The first-order chi connectivity index (χ1) is 14.2. The summed E-state index contributed by atoms with van der Waals surface area (Å²) in [5, 5.41) is 16.2. The van der Waals surface area contributed by atoms with Crippen molar-refractivity contribution < 1.29 is 14.3 Å². The predicted molar refractivity (Wildman–Crippen MR) is 114 cm³/mol. The van der Waals surface area contributed by atoms with E-state index in [9.17, 15) is 14.9 Å². The van der Waals surface area contributed by atoms with E-state index in [-0.39, 0.29) is 24.1 Å². The van der Waals surface area contributed by atoms with E-state index in [2.05, 4.69) is 15.0 Å². The lowest BCUT2D eigenvalue weighted by molar-refractivity contribution is -0.129. The predicted octanol–water partition coefficient (Wildman–Crippen LogP) is 2.14.